The van der Waals surface area contributed by atoms with Crippen molar-refractivity contribution in [2.45, 2.75) is 106 Å². The van der Waals surface area contributed by atoms with Gasteiger partial charge in [-0.05, 0) is 43.9 Å². The van der Waals surface area contributed by atoms with Crippen LogP contribution in [0, 0.1) is 5.82 Å². The van der Waals surface area contributed by atoms with Crippen molar-refractivity contribution in [2.24, 2.45) is 0 Å². The molecular weight excluding hydrogens is 453 g/mol. The summed E-state index contributed by atoms with van der Waals surface area (Å²) in [5.74, 6) is -2.35. The molecule has 3 aliphatic heterocycles. The Morgan fingerprint density at radius 2 is 1.48 bits per heavy atom. The van der Waals surface area contributed by atoms with Gasteiger partial charge < -0.3 is 29.0 Å². The Kier molecular flexibility index (Phi) is 5.67. The largest absolute Gasteiger partial charge is 0.341 e. The average Bonchev–Trinajstić information content (AvgIpc) is 3.34. The zero-order chi connectivity index (χ0) is 22.6. The van der Waals surface area contributed by atoms with Crippen LogP contribution in [0.25, 0.3) is 0 Å². The fraction of sp³-hybridized carbons (Fsp3) is 0.708. The lowest BCUT2D eigenvalue weighted by Crippen LogP contribution is -2.58. The minimum Gasteiger partial charge on any atom is -0.341 e. The third-order valence-corrected chi connectivity index (χ3v) is 7.84. The molecule has 9 heteroatoms. The highest BCUT2D eigenvalue weighted by Crippen LogP contribution is 2.51. The van der Waals surface area contributed by atoms with Crippen molar-refractivity contribution in [3.05, 3.63) is 29.0 Å². The first-order chi connectivity index (χ1) is 16.0. The van der Waals surface area contributed by atoms with E-state index in [1.165, 1.54) is 18.2 Å². The van der Waals surface area contributed by atoms with Gasteiger partial charge in [0, 0.05) is 31.4 Å². The first-order valence-corrected chi connectivity index (χ1v) is 12.5. The zero-order valence-corrected chi connectivity index (χ0v) is 19.2. The lowest BCUT2D eigenvalue weighted by atomic mass is 9.94. The van der Waals surface area contributed by atoms with Gasteiger partial charge in [-0.25, -0.2) is 4.39 Å². The van der Waals surface area contributed by atoms with Crippen LogP contribution in [0.3, 0.4) is 0 Å². The summed E-state index contributed by atoms with van der Waals surface area (Å²) in [7, 11) is 0. The highest BCUT2D eigenvalue weighted by Gasteiger charge is 2.65. The van der Waals surface area contributed by atoms with Crippen LogP contribution in [0.15, 0.2) is 18.2 Å². The summed E-state index contributed by atoms with van der Waals surface area (Å²) < 4.78 is 45.6. The number of ether oxygens (including phenoxy) is 5. The minimum absolute atomic E-state index is 0.0660. The van der Waals surface area contributed by atoms with E-state index < -0.39 is 54.0 Å². The van der Waals surface area contributed by atoms with E-state index in [4.69, 9.17) is 35.3 Å². The number of carbonyl (C=O) groups excluding carboxylic acids is 1. The highest BCUT2D eigenvalue weighted by molar-refractivity contribution is 6.31. The van der Waals surface area contributed by atoms with Crippen molar-refractivity contribution in [2.75, 3.05) is 5.32 Å². The second-order valence-corrected chi connectivity index (χ2v) is 10.3. The molecule has 5 aliphatic rings. The number of halogens is 2. The highest BCUT2D eigenvalue weighted by atomic mass is 35.5. The summed E-state index contributed by atoms with van der Waals surface area (Å²) in [6, 6.07) is 4.05. The predicted molar refractivity (Wildman–Crippen MR) is 116 cm³/mol. The molecule has 1 amide bonds. The minimum atomic E-state index is -0.955. The molecule has 0 aromatic heterocycles. The number of benzene rings is 1. The lowest BCUT2D eigenvalue weighted by Gasteiger charge is -2.36. The maximum atomic E-state index is 13.6. The van der Waals surface area contributed by atoms with Crippen LogP contribution < -0.4 is 5.32 Å². The molecule has 5 fully saturated rings. The number of fused-ring (bicyclic) bond motifs is 3. The first kappa shape index (κ1) is 22.2. The summed E-state index contributed by atoms with van der Waals surface area (Å²) in [4.78, 5) is 13.3. The molecule has 180 valence electrons. The number of hydrogen-bond donors (Lipinski definition) is 1. The van der Waals surface area contributed by atoms with E-state index in [9.17, 15) is 9.18 Å². The quantitative estimate of drug-likeness (QED) is 0.662. The maximum Gasteiger partial charge on any atom is 0.256 e. The molecule has 2 spiro atoms. The van der Waals surface area contributed by atoms with Crippen molar-refractivity contribution < 1.29 is 32.9 Å². The molecule has 33 heavy (non-hydrogen) atoms. The van der Waals surface area contributed by atoms with Gasteiger partial charge >= 0.3 is 0 Å². The van der Waals surface area contributed by atoms with Gasteiger partial charge in [0.2, 0.25) is 0 Å². The Balaban J connectivity index is 1.27. The molecular formula is C24H29ClFNO6. The van der Waals surface area contributed by atoms with Crippen LogP contribution in [0.4, 0.5) is 10.1 Å². The molecule has 2 aliphatic carbocycles. The predicted octanol–water partition coefficient (Wildman–Crippen LogP) is 4.66. The molecule has 0 radical (unpaired) electrons. The SMILES string of the molecule is O=C(Nc1ccc(F)c(Cl)c1)[C@@H]1O[C@@H]2OC3(CCCCC3)O[C@@H]2[C@H]2OC3(CCCCC3)O[C@H]21. The number of anilines is 1. The third kappa shape index (κ3) is 3.98. The van der Waals surface area contributed by atoms with Crippen molar-refractivity contribution in [3.8, 4) is 0 Å². The summed E-state index contributed by atoms with van der Waals surface area (Å²) in [6.07, 6.45) is 6.37. The monoisotopic (exact) mass is 481 g/mol. The number of hydrogen-bond acceptors (Lipinski definition) is 6. The fourth-order valence-electron chi connectivity index (χ4n) is 5.96. The van der Waals surface area contributed by atoms with Crippen LogP contribution >= 0.6 is 11.6 Å². The van der Waals surface area contributed by atoms with Crippen LogP contribution in [0.5, 0.6) is 0 Å². The van der Waals surface area contributed by atoms with Gasteiger partial charge in [-0.2, -0.15) is 0 Å². The Bertz CT molecular complexity index is 918. The molecule has 1 aromatic rings. The van der Waals surface area contributed by atoms with Gasteiger partial charge in [0.25, 0.3) is 5.91 Å². The van der Waals surface area contributed by atoms with Crippen molar-refractivity contribution >= 4 is 23.2 Å². The first-order valence-electron chi connectivity index (χ1n) is 12.1. The number of rotatable bonds is 2. The lowest BCUT2D eigenvalue weighted by molar-refractivity contribution is -0.246. The topological polar surface area (TPSA) is 75.3 Å². The molecule has 0 unspecified atom stereocenters. The van der Waals surface area contributed by atoms with E-state index in [2.05, 4.69) is 5.32 Å². The van der Waals surface area contributed by atoms with Crippen LogP contribution in [0.1, 0.15) is 64.2 Å². The van der Waals surface area contributed by atoms with Gasteiger partial charge in [-0.3, -0.25) is 4.79 Å². The Labute approximate surface area is 197 Å². The van der Waals surface area contributed by atoms with Gasteiger partial charge in [-0.1, -0.05) is 24.4 Å². The second-order valence-electron chi connectivity index (χ2n) is 9.85. The van der Waals surface area contributed by atoms with Crippen molar-refractivity contribution in [3.63, 3.8) is 0 Å². The van der Waals surface area contributed by atoms with Gasteiger partial charge in [-0.15, -0.1) is 0 Å². The van der Waals surface area contributed by atoms with Crippen LogP contribution in [-0.2, 0) is 28.5 Å². The average molecular weight is 482 g/mol. The van der Waals surface area contributed by atoms with E-state index in [-0.39, 0.29) is 5.02 Å². The molecule has 5 atom stereocenters. The third-order valence-electron chi connectivity index (χ3n) is 7.55. The normalized spacial score (nSPS) is 36.5. The Morgan fingerprint density at radius 1 is 0.879 bits per heavy atom. The molecule has 0 bridgehead atoms. The summed E-state index contributed by atoms with van der Waals surface area (Å²) in [5, 5.41) is 2.72. The Morgan fingerprint density at radius 3 is 2.15 bits per heavy atom. The smallest absolute Gasteiger partial charge is 0.256 e. The van der Waals surface area contributed by atoms with E-state index in [0.717, 1.165) is 64.2 Å². The standard InChI is InChI=1S/C24H29ClFNO6/c25-15-13-14(7-8-16(15)26)27-21(28)19-17-18(31-23(30-17)9-3-1-4-10-23)20-22(29-19)33-24(32-20)11-5-2-6-12-24/h7-8,13,17-20,22H,1-6,9-12H2,(H,27,28)/t17-,18+,19-,20-,22-/m1/s1. The molecule has 3 saturated heterocycles. The van der Waals surface area contributed by atoms with Crippen LogP contribution in [0.2, 0.25) is 5.02 Å². The van der Waals surface area contributed by atoms with Gasteiger partial charge in [0.15, 0.2) is 24.0 Å². The number of nitrogens with one attached hydrogen (secondary N) is 1. The van der Waals surface area contributed by atoms with E-state index in [1.807, 2.05) is 0 Å². The van der Waals surface area contributed by atoms with Crippen molar-refractivity contribution in [1.29, 1.82) is 0 Å². The molecule has 6 rings (SSSR count). The van der Waals surface area contributed by atoms with Crippen molar-refractivity contribution in [1.82, 2.24) is 0 Å². The molecule has 3 heterocycles. The summed E-state index contributed by atoms with van der Waals surface area (Å²) in [5.41, 5.74) is 0.382. The Hall–Kier alpha value is -1.29. The van der Waals surface area contributed by atoms with Gasteiger partial charge in [0.05, 0.1) is 5.02 Å². The molecule has 1 aromatic carbocycles. The molecule has 1 N–H and O–H groups in total. The molecule has 2 saturated carbocycles. The number of amides is 1. The van der Waals surface area contributed by atoms with E-state index in [1.54, 1.807) is 0 Å². The van der Waals surface area contributed by atoms with E-state index in [0.29, 0.717) is 5.69 Å². The van der Waals surface area contributed by atoms with Gasteiger partial charge in [0.1, 0.15) is 24.1 Å². The molecule has 7 nitrogen and oxygen atoms in total. The zero-order valence-electron chi connectivity index (χ0n) is 18.4. The van der Waals surface area contributed by atoms with Crippen LogP contribution in [-0.4, -0.2) is 48.2 Å². The maximum absolute atomic E-state index is 13.6. The fourth-order valence-corrected chi connectivity index (χ4v) is 6.14. The summed E-state index contributed by atoms with van der Waals surface area (Å²) >= 11 is 5.89. The van der Waals surface area contributed by atoms with E-state index >= 15 is 0 Å². The summed E-state index contributed by atoms with van der Waals surface area (Å²) in [6.45, 7) is 0. The number of carbonyl (C=O) groups is 1. The second kappa shape index (κ2) is 8.43.